The van der Waals surface area contributed by atoms with Crippen molar-refractivity contribution in [3.8, 4) is 0 Å². The predicted molar refractivity (Wildman–Crippen MR) is 81.2 cm³/mol. The molecule has 0 spiro atoms. The zero-order valence-electron chi connectivity index (χ0n) is 13.0. The summed E-state index contributed by atoms with van der Waals surface area (Å²) in [6.07, 6.45) is 3.47. The van der Waals surface area contributed by atoms with Crippen molar-refractivity contribution in [2.45, 2.75) is 45.2 Å². The number of rotatable bonds is 5. The Balaban J connectivity index is 2.34. The monoisotopic (exact) mass is 295 g/mol. The number of likely N-dealkylation sites (tertiary alicyclic amines) is 1. The highest BCUT2D eigenvalue weighted by Gasteiger charge is 2.35. The van der Waals surface area contributed by atoms with Gasteiger partial charge in [0, 0.05) is 6.04 Å². The van der Waals surface area contributed by atoms with E-state index in [2.05, 4.69) is 24.1 Å². The van der Waals surface area contributed by atoms with Crippen LogP contribution in [0.2, 0.25) is 0 Å². The van der Waals surface area contributed by atoms with Crippen LogP contribution in [0.4, 0.5) is 5.88 Å². The van der Waals surface area contributed by atoms with Gasteiger partial charge in [0.25, 0.3) is 0 Å². The van der Waals surface area contributed by atoms with E-state index in [0.717, 1.165) is 31.7 Å². The van der Waals surface area contributed by atoms with Crippen LogP contribution in [0.3, 0.4) is 0 Å². The van der Waals surface area contributed by atoms with E-state index in [4.69, 9.17) is 4.42 Å². The Morgan fingerprint density at radius 1 is 1.48 bits per heavy atom. The molecule has 0 aliphatic carbocycles. The molecule has 1 aromatic rings. The summed E-state index contributed by atoms with van der Waals surface area (Å²) in [4.78, 5) is 12.8. The Morgan fingerprint density at radius 2 is 2.24 bits per heavy atom. The van der Waals surface area contributed by atoms with E-state index in [1.54, 1.807) is 6.07 Å². The molecule has 1 aromatic heterocycles. The maximum Gasteiger partial charge on any atom is 0.433 e. The normalized spacial score (nSPS) is 24.2. The van der Waals surface area contributed by atoms with Crippen LogP contribution in [-0.4, -0.2) is 36.0 Å². The van der Waals surface area contributed by atoms with Crippen molar-refractivity contribution in [1.82, 2.24) is 10.2 Å². The Hall–Kier alpha value is -1.40. The third kappa shape index (κ3) is 3.63. The van der Waals surface area contributed by atoms with Gasteiger partial charge >= 0.3 is 5.88 Å². The second-order valence-corrected chi connectivity index (χ2v) is 6.02. The average molecular weight is 295 g/mol. The van der Waals surface area contributed by atoms with Gasteiger partial charge in [-0.15, -0.1) is 0 Å². The van der Waals surface area contributed by atoms with Crippen molar-refractivity contribution in [2.24, 2.45) is 5.92 Å². The van der Waals surface area contributed by atoms with E-state index in [1.807, 2.05) is 7.05 Å². The standard InChI is InChI=1S/C15H25N3O3/c1-11(2)17-9-5-4-6-12(10-16-3)15(17)13-7-8-14(21-13)18(19)20/h7-8,11-12,15-16H,4-6,9-10H2,1-3H3. The number of nitrogens with one attached hydrogen (secondary N) is 1. The van der Waals surface area contributed by atoms with Crippen molar-refractivity contribution in [1.29, 1.82) is 0 Å². The zero-order chi connectivity index (χ0) is 15.4. The first kappa shape index (κ1) is 16.0. The molecule has 0 bridgehead atoms. The van der Waals surface area contributed by atoms with E-state index in [-0.39, 0.29) is 11.9 Å². The lowest BCUT2D eigenvalue weighted by Gasteiger charge is -2.36. The van der Waals surface area contributed by atoms with Crippen LogP contribution in [0.15, 0.2) is 16.5 Å². The number of hydrogen-bond acceptors (Lipinski definition) is 5. The minimum absolute atomic E-state index is 0.105. The number of nitro groups is 1. The Morgan fingerprint density at radius 3 is 2.81 bits per heavy atom. The average Bonchev–Trinajstić information content (AvgIpc) is 2.81. The van der Waals surface area contributed by atoms with E-state index in [0.29, 0.717) is 12.0 Å². The molecule has 1 fully saturated rings. The van der Waals surface area contributed by atoms with Crippen molar-refractivity contribution < 1.29 is 9.34 Å². The van der Waals surface area contributed by atoms with Crippen molar-refractivity contribution in [2.75, 3.05) is 20.1 Å². The van der Waals surface area contributed by atoms with Crippen LogP contribution in [0.1, 0.15) is 44.9 Å². The Kier molecular flexibility index (Phi) is 5.36. The summed E-state index contributed by atoms with van der Waals surface area (Å²) in [5.41, 5.74) is 0. The predicted octanol–water partition coefficient (Wildman–Crippen LogP) is 2.96. The van der Waals surface area contributed by atoms with Crippen LogP contribution in [0.25, 0.3) is 0 Å². The summed E-state index contributed by atoms with van der Waals surface area (Å²) in [6.45, 7) is 6.25. The summed E-state index contributed by atoms with van der Waals surface area (Å²) >= 11 is 0. The SMILES string of the molecule is CNCC1CCCCN(C(C)C)C1c1ccc([N+](=O)[O-])o1. The summed E-state index contributed by atoms with van der Waals surface area (Å²) in [5.74, 6) is 0.962. The molecule has 0 aromatic carbocycles. The first-order valence-electron chi connectivity index (χ1n) is 7.69. The number of furan rings is 1. The Bertz CT molecular complexity index is 472. The van der Waals surface area contributed by atoms with Gasteiger partial charge in [-0.2, -0.15) is 0 Å². The molecule has 1 saturated heterocycles. The molecule has 118 valence electrons. The van der Waals surface area contributed by atoms with Gasteiger partial charge in [0.1, 0.15) is 10.7 Å². The van der Waals surface area contributed by atoms with Gasteiger partial charge in [-0.1, -0.05) is 6.42 Å². The lowest BCUT2D eigenvalue weighted by Crippen LogP contribution is -2.40. The molecular weight excluding hydrogens is 270 g/mol. The lowest BCUT2D eigenvalue weighted by atomic mass is 9.92. The van der Waals surface area contributed by atoms with Gasteiger partial charge < -0.3 is 9.73 Å². The quantitative estimate of drug-likeness (QED) is 0.668. The van der Waals surface area contributed by atoms with Gasteiger partial charge in [-0.05, 0) is 58.8 Å². The van der Waals surface area contributed by atoms with E-state index in [1.165, 1.54) is 12.5 Å². The molecule has 0 radical (unpaired) electrons. The third-order valence-corrected chi connectivity index (χ3v) is 4.26. The molecule has 21 heavy (non-hydrogen) atoms. The third-order valence-electron chi connectivity index (χ3n) is 4.26. The molecule has 6 nitrogen and oxygen atoms in total. The maximum absolute atomic E-state index is 10.9. The summed E-state index contributed by atoms with van der Waals surface area (Å²) in [7, 11) is 1.95. The lowest BCUT2D eigenvalue weighted by molar-refractivity contribution is -0.402. The van der Waals surface area contributed by atoms with Gasteiger partial charge in [0.05, 0.1) is 12.1 Å². The molecule has 1 N–H and O–H groups in total. The molecule has 0 saturated carbocycles. The first-order chi connectivity index (χ1) is 10.0. The smallest absolute Gasteiger partial charge is 0.404 e. The van der Waals surface area contributed by atoms with Gasteiger partial charge in [0.15, 0.2) is 0 Å². The summed E-state index contributed by atoms with van der Waals surface area (Å²) < 4.78 is 5.53. The molecule has 1 aliphatic heterocycles. The molecule has 2 rings (SSSR count). The van der Waals surface area contributed by atoms with Gasteiger partial charge in [-0.25, -0.2) is 0 Å². The molecular formula is C15H25N3O3. The highest BCUT2D eigenvalue weighted by atomic mass is 16.6. The van der Waals surface area contributed by atoms with E-state index < -0.39 is 4.92 Å². The van der Waals surface area contributed by atoms with Crippen LogP contribution in [0, 0.1) is 16.0 Å². The van der Waals surface area contributed by atoms with E-state index >= 15 is 0 Å². The number of hydrogen-bond donors (Lipinski definition) is 1. The highest BCUT2D eigenvalue weighted by Crippen LogP contribution is 2.37. The van der Waals surface area contributed by atoms with Crippen molar-refractivity contribution >= 4 is 5.88 Å². The second kappa shape index (κ2) is 7.04. The minimum Gasteiger partial charge on any atom is -0.404 e. The zero-order valence-corrected chi connectivity index (χ0v) is 13.0. The molecule has 2 heterocycles. The second-order valence-electron chi connectivity index (χ2n) is 6.02. The summed E-state index contributed by atoms with van der Waals surface area (Å²) in [5, 5.41) is 14.1. The molecule has 1 aliphatic rings. The molecule has 2 unspecified atom stereocenters. The Labute approximate surface area is 125 Å². The fraction of sp³-hybridized carbons (Fsp3) is 0.733. The fourth-order valence-electron chi connectivity index (χ4n) is 3.32. The largest absolute Gasteiger partial charge is 0.433 e. The van der Waals surface area contributed by atoms with Crippen LogP contribution >= 0.6 is 0 Å². The van der Waals surface area contributed by atoms with Crippen LogP contribution in [-0.2, 0) is 0 Å². The first-order valence-corrected chi connectivity index (χ1v) is 7.69. The van der Waals surface area contributed by atoms with E-state index in [9.17, 15) is 10.1 Å². The van der Waals surface area contributed by atoms with Gasteiger partial charge in [0.2, 0.25) is 0 Å². The maximum atomic E-state index is 10.9. The molecule has 0 amide bonds. The minimum atomic E-state index is -0.465. The van der Waals surface area contributed by atoms with Crippen molar-refractivity contribution in [3.63, 3.8) is 0 Å². The highest BCUT2D eigenvalue weighted by molar-refractivity contribution is 5.21. The molecule has 6 heteroatoms. The topological polar surface area (TPSA) is 71.5 Å². The summed E-state index contributed by atoms with van der Waals surface area (Å²) in [6, 6.07) is 3.73. The number of nitrogens with zero attached hydrogens (tertiary/aromatic N) is 2. The van der Waals surface area contributed by atoms with Crippen LogP contribution in [0.5, 0.6) is 0 Å². The van der Waals surface area contributed by atoms with Gasteiger partial charge in [-0.3, -0.25) is 15.0 Å². The van der Waals surface area contributed by atoms with Crippen molar-refractivity contribution in [3.05, 3.63) is 28.0 Å². The molecule has 2 atom stereocenters. The van der Waals surface area contributed by atoms with Crippen LogP contribution < -0.4 is 5.32 Å². The fourth-order valence-corrected chi connectivity index (χ4v) is 3.32.